The number of aryl methyl sites for hydroxylation is 1. The lowest BCUT2D eigenvalue weighted by Crippen LogP contribution is -2.27. The number of nitrogens with one attached hydrogen (secondary N) is 1. The highest BCUT2D eigenvalue weighted by atomic mass is 35.5. The van der Waals surface area contributed by atoms with E-state index < -0.39 is 0 Å². The quantitative estimate of drug-likeness (QED) is 0.823. The largest absolute Gasteiger partial charge is 0.350 e. The third-order valence-electron chi connectivity index (χ3n) is 2.71. The molecule has 0 unspecified atom stereocenters. The Kier molecular flexibility index (Phi) is 5.06. The lowest BCUT2D eigenvalue weighted by atomic mass is 10.1. The number of nitrogens with zero attached hydrogens (tertiary/aromatic N) is 4. The predicted octanol–water partition coefficient (Wildman–Crippen LogP) is 1.71. The summed E-state index contributed by atoms with van der Waals surface area (Å²) in [6.07, 6.45) is 5.11. The van der Waals surface area contributed by atoms with Gasteiger partial charge in [0.1, 0.15) is 5.15 Å². The van der Waals surface area contributed by atoms with E-state index in [-0.39, 0.29) is 5.91 Å². The van der Waals surface area contributed by atoms with Crippen LogP contribution in [0.5, 0.6) is 0 Å². The van der Waals surface area contributed by atoms with Crippen molar-refractivity contribution in [2.45, 2.75) is 26.3 Å². The fourth-order valence-corrected chi connectivity index (χ4v) is 2.03. The monoisotopic (exact) mass is 293 g/mol. The van der Waals surface area contributed by atoms with E-state index in [1.165, 1.54) is 0 Å². The van der Waals surface area contributed by atoms with E-state index in [1.54, 1.807) is 29.2 Å². The van der Waals surface area contributed by atoms with Crippen molar-refractivity contribution in [3.8, 4) is 0 Å². The molecule has 0 saturated heterocycles. The molecule has 0 aliphatic carbocycles. The van der Waals surface area contributed by atoms with Gasteiger partial charge in [-0.15, -0.1) is 5.10 Å². The molecule has 1 N–H and O–H groups in total. The van der Waals surface area contributed by atoms with Gasteiger partial charge < -0.3 is 5.32 Å². The van der Waals surface area contributed by atoms with Gasteiger partial charge >= 0.3 is 0 Å². The van der Waals surface area contributed by atoms with Crippen molar-refractivity contribution in [1.29, 1.82) is 0 Å². The van der Waals surface area contributed by atoms with Crippen LogP contribution in [-0.2, 0) is 13.0 Å². The number of hydrogen-bond donors (Lipinski definition) is 1. The maximum atomic E-state index is 12.0. The maximum absolute atomic E-state index is 12.0. The molecule has 0 aromatic carbocycles. The SMILES string of the molecule is CCCc1cc(C(=O)NCCn2ccnn2)cc(Cl)n1. The zero-order valence-electron chi connectivity index (χ0n) is 11.2. The second-order valence-electron chi connectivity index (χ2n) is 4.34. The molecule has 2 heterocycles. The highest BCUT2D eigenvalue weighted by molar-refractivity contribution is 6.29. The number of rotatable bonds is 6. The number of aromatic nitrogens is 4. The van der Waals surface area contributed by atoms with E-state index in [4.69, 9.17) is 11.6 Å². The summed E-state index contributed by atoms with van der Waals surface area (Å²) in [7, 11) is 0. The Morgan fingerprint density at radius 2 is 2.30 bits per heavy atom. The molecule has 6 nitrogen and oxygen atoms in total. The van der Waals surface area contributed by atoms with Gasteiger partial charge in [0, 0.05) is 24.0 Å². The van der Waals surface area contributed by atoms with Crippen LogP contribution < -0.4 is 5.32 Å². The molecular formula is C13H16ClN5O. The molecule has 0 atom stereocenters. The van der Waals surface area contributed by atoms with Crippen LogP contribution >= 0.6 is 11.6 Å². The standard InChI is InChI=1S/C13H16ClN5O/c1-2-3-11-8-10(9-12(14)17-11)13(20)15-4-6-19-7-5-16-18-19/h5,7-9H,2-4,6H2,1H3,(H,15,20). The van der Waals surface area contributed by atoms with E-state index in [0.29, 0.717) is 23.8 Å². The lowest BCUT2D eigenvalue weighted by Gasteiger charge is -2.07. The molecule has 106 valence electrons. The molecule has 0 bridgehead atoms. The van der Waals surface area contributed by atoms with Crippen LogP contribution in [0, 0.1) is 0 Å². The van der Waals surface area contributed by atoms with Gasteiger partial charge in [0.05, 0.1) is 12.7 Å². The lowest BCUT2D eigenvalue weighted by molar-refractivity contribution is 0.0951. The zero-order chi connectivity index (χ0) is 14.4. The minimum atomic E-state index is -0.160. The van der Waals surface area contributed by atoms with Crippen molar-refractivity contribution in [3.63, 3.8) is 0 Å². The molecule has 1 amide bonds. The number of amides is 1. The maximum Gasteiger partial charge on any atom is 0.251 e. The second-order valence-corrected chi connectivity index (χ2v) is 4.73. The Morgan fingerprint density at radius 3 is 3.00 bits per heavy atom. The summed E-state index contributed by atoms with van der Waals surface area (Å²) < 4.78 is 1.66. The van der Waals surface area contributed by atoms with Gasteiger partial charge in [0.2, 0.25) is 0 Å². The summed E-state index contributed by atoms with van der Waals surface area (Å²) in [6, 6.07) is 3.35. The van der Waals surface area contributed by atoms with Crippen molar-refractivity contribution in [2.24, 2.45) is 0 Å². The van der Waals surface area contributed by atoms with Crippen molar-refractivity contribution >= 4 is 17.5 Å². The summed E-state index contributed by atoms with van der Waals surface area (Å²) in [5.41, 5.74) is 1.37. The van der Waals surface area contributed by atoms with E-state index >= 15 is 0 Å². The Labute approximate surface area is 122 Å². The molecule has 0 aliphatic rings. The minimum absolute atomic E-state index is 0.160. The second kappa shape index (κ2) is 7.00. The van der Waals surface area contributed by atoms with Crippen molar-refractivity contribution < 1.29 is 4.79 Å². The molecule has 0 fully saturated rings. The predicted molar refractivity (Wildman–Crippen MR) is 75.6 cm³/mol. The van der Waals surface area contributed by atoms with Crippen molar-refractivity contribution in [3.05, 3.63) is 40.9 Å². The first-order valence-electron chi connectivity index (χ1n) is 6.48. The molecular weight excluding hydrogens is 278 g/mol. The third-order valence-corrected chi connectivity index (χ3v) is 2.91. The topological polar surface area (TPSA) is 72.7 Å². The molecule has 2 rings (SSSR count). The first kappa shape index (κ1) is 14.5. The number of carbonyl (C=O) groups is 1. The Hall–Kier alpha value is -1.95. The van der Waals surface area contributed by atoms with Gasteiger partial charge in [-0.05, 0) is 18.6 Å². The number of halogens is 1. The third kappa shape index (κ3) is 4.03. The zero-order valence-corrected chi connectivity index (χ0v) is 12.0. The van der Waals surface area contributed by atoms with Gasteiger partial charge in [-0.25, -0.2) is 4.98 Å². The minimum Gasteiger partial charge on any atom is -0.350 e. The fraction of sp³-hybridized carbons (Fsp3) is 0.385. The van der Waals surface area contributed by atoms with E-state index in [1.807, 2.05) is 0 Å². The van der Waals surface area contributed by atoms with E-state index in [9.17, 15) is 4.79 Å². The van der Waals surface area contributed by atoms with Crippen LogP contribution in [0.15, 0.2) is 24.5 Å². The molecule has 7 heteroatoms. The molecule has 0 spiro atoms. The first-order chi connectivity index (χ1) is 9.69. The average molecular weight is 294 g/mol. The van der Waals surface area contributed by atoms with Crippen LogP contribution in [-0.4, -0.2) is 32.4 Å². The molecule has 2 aromatic heterocycles. The highest BCUT2D eigenvalue weighted by Gasteiger charge is 2.08. The Morgan fingerprint density at radius 1 is 1.45 bits per heavy atom. The average Bonchev–Trinajstić information content (AvgIpc) is 2.91. The summed E-state index contributed by atoms with van der Waals surface area (Å²) >= 11 is 5.93. The van der Waals surface area contributed by atoms with Crippen molar-refractivity contribution in [1.82, 2.24) is 25.3 Å². The van der Waals surface area contributed by atoms with Crippen LogP contribution in [0.25, 0.3) is 0 Å². The van der Waals surface area contributed by atoms with Crippen LogP contribution in [0.2, 0.25) is 5.15 Å². The van der Waals surface area contributed by atoms with Gasteiger partial charge in [0.15, 0.2) is 0 Å². The highest BCUT2D eigenvalue weighted by Crippen LogP contribution is 2.12. The van der Waals surface area contributed by atoms with Crippen molar-refractivity contribution in [2.75, 3.05) is 6.54 Å². The molecule has 0 radical (unpaired) electrons. The van der Waals surface area contributed by atoms with Crippen LogP contribution in [0.1, 0.15) is 29.4 Å². The Bertz CT molecular complexity index is 570. The number of pyridine rings is 1. The van der Waals surface area contributed by atoms with E-state index in [0.717, 1.165) is 18.5 Å². The van der Waals surface area contributed by atoms with E-state index in [2.05, 4.69) is 27.5 Å². The summed E-state index contributed by atoms with van der Waals surface area (Å²) in [5.74, 6) is -0.160. The van der Waals surface area contributed by atoms with Gasteiger partial charge in [0.25, 0.3) is 5.91 Å². The normalized spacial score (nSPS) is 10.5. The Balaban J connectivity index is 1.94. The fourth-order valence-electron chi connectivity index (χ4n) is 1.80. The smallest absolute Gasteiger partial charge is 0.251 e. The molecule has 20 heavy (non-hydrogen) atoms. The number of hydrogen-bond acceptors (Lipinski definition) is 4. The van der Waals surface area contributed by atoms with Crippen LogP contribution in [0.4, 0.5) is 0 Å². The van der Waals surface area contributed by atoms with Crippen LogP contribution in [0.3, 0.4) is 0 Å². The molecule has 2 aromatic rings. The van der Waals surface area contributed by atoms with Gasteiger partial charge in [-0.2, -0.15) is 0 Å². The van der Waals surface area contributed by atoms with Gasteiger partial charge in [-0.3, -0.25) is 9.48 Å². The summed E-state index contributed by atoms with van der Waals surface area (Å²) in [6.45, 7) is 3.11. The summed E-state index contributed by atoms with van der Waals surface area (Å²) in [4.78, 5) is 16.2. The summed E-state index contributed by atoms with van der Waals surface area (Å²) in [5, 5.41) is 10.7. The number of carbonyl (C=O) groups excluding carboxylic acids is 1. The first-order valence-corrected chi connectivity index (χ1v) is 6.85. The van der Waals surface area contributed by atoms with Gasteiger partial charge in [-0.1, -0.05) is 30.2 Å². The molecule has 0 saturated carbocycles. The molecule has 0 aliphatic heterocycles.